The summed E-state index contributed by atoms with van der Waals surface area (Å²) in [7, 11) is 6.47. The molecule has 1 heterocycles. The number of esters is 1. The fourth-order valence-electron chi connectivity index (χ4n) is 2.44. The first-order chi connectivity index (χ1) is 12.9. The van der Waals surface area contributed by atoms with Crippen LogP contribution in [-0.2, 0) is 19.1 Å². The van der Waals surface area contributed by atoms with Crippen LogP contribution in [0.25, 0.3) is 0 Å². The molecule has 0 aliphatic carbocycles. The summed E-state index contributed by atoms with van der Waals surface area (Å²) in [5.74, 6) is -8.15. The minimum atomic E-state index is -3.82. The van der Waals surface area contributed by atoms with Crippen molar-refractivity contribution in [3.63, 3.8) is 0 Å². The minimum absolute atomic E-state index is 0.102. The summed E-state index contributed by atoms with van der Waals surface area (Å²) in [6.45, 7) is -0.383. The first-order valence-corrected chi connectivity index (χ1v) is 7.95. The predicted molar refractivity (Wildman–Crippen MR) is 90.0 cm³/mol. The Balaban J connectivity index is 2.58. The van der Waals surface area contributed by atoms with E-state index in [1.54, 1.807) is 11.9 Å². The summed E-state index contributed by atoms with van der Waals surface area (Å²) < 4.78 is 10.3. The minimum Gasteiger partial charge on any atom is -0.462 e. The highest BCUT2D eigenvalue weighted by atomic mass is 16.7. The van der Waals surface area contributed by atoms with Gasteiger partial charge in [-0.05, 0) is 12.8 Å². The van der Waals surface area contributed by atoms with Crippen LogP contribution in [0.1, 0.15) is 12.8 Å². The van der Waals surface area contributed by atoms with Gasteiger partial charge >= 0.3 is 5.97 Å². The Kier molecular flexibility index (Phi) is 8.35. The molecule has 13 nitrogen and oxygen atoms in total. The Labute approximate surface area is 160 Å². The highest BCUT2D eigenvalue weighted by Crippen LogP contribution is 2.25. The fraction of sp³-hybridized carbons (Fsp3) is 0.643. The predicted octanol–water partition coefficient (Wildman–Crippen LogP) is -3.93. The number of nitrogens with one attached hydrogen (secondary N) is 1. The van der Waals surface area contributed by atoms with Gasteiger partial charge in [-0.25, -0.2) is 0 Å². The van der Waals surface area contributed by atoms with E-state index in [4.69, 9.17) is 37.8 Å². The van der Waals surface area contributed by atoms with Gasteiger partial charge in [0.05, 0.1) is 6.10 Å². The summed E-state index contributed by atoms with van der Waals surface area (Å²) in [5, 5.41) is 59.3. The van der Waals surface area contributed by atoms with Gasteiger partial charge in [0.2, 0.25) is 6.41 Å². The average Bonchev–Trinajstić information content (AvgIpc) is 3.03. The van der Waals surface area contributed by atoms with E-state index >= 15 is 0 Å². The van der Waals surface area contributed by atoms with E-state index < -0.39 is 35.9 Å². The van der Waals surface area contributed by atoms with Crippen molar-refractivity contribution in [3.05, 3.63) is 12.3 Å². The zero-order chi connectivity index (χ0) is 21.5. The maximum Gasteiger partial charge on any atom is 0.321 e. The molecule has 1 aliphatic heterocycles. The molecule has 28 heavy (non-hydrogen) atoms. The molecule has 0 saturated carbocycles. The molecule has 2 radical (unpaired) electrons. The van der Waals surface area contributed by atoms with Gasteiger partial charge in [-0.1, -0.05) is 5.16 Å². The smallest absolute Gasteiger partial charge is 0.321 e. The summed E-state index contributed by atoms with van der Waals surface area (Å²) >= 11 is 0. The summed E-state index contributed by atoms with van der Waals surface area (Å²) in [6, 6.07) is 0. The molecule has 1 aliphatic rings. The molecule has 14 heteroatoms. The number of rotatable bonds is 9. The summed E-state index contributed by atoms with van der Waals surface area (Å²) in [4.78, 5) is 23.7. The van der Waals surface area contributed by atoms with Gasteiger partial charge in [0.1, 0.15) is 18.5 Å². The van der Waals surface area contributed by atoms with Crippen LogP contribution in [-0.4, -0.2) is 99.3 Å². The SMILES string of the molecule is [B]C(O)(O)C(C(=O)OCC1CCC(N(C)/C=C\C(=NO)NC=O)O1)C(O)(O)O. The Hall–Kier alpha value is -2.23. The Morgan fingerprint density at radius 1 is 1.39 bits per heavy atom. The van der Waals surface area contributed by atoms with Crippen LogP contribution >= 0.6 is 0 Å². The largest absolute Gasteiger partial charge is 0.462 e. The quantitative estimate of drug-likeness (QED) is 0.0290. The van der Waals surface area contributed by atoms with Gasteiger partial charge < -0.3 is 50.4 Å². The molecule has 0 aromatic carbocycles. The van der Waals surface area contributed by atoms with Crippen molar-refractivity contribution in [2.24, 2.45) is 11.1 Å². The summed E-state index contributed by atoms with van der Waals surface area (Å²) in [5.41, 5.74) is -3.44. The van der Waals surface area contributed by atoms with E-state index in [0.29, 0.717) is 19.3 Å². The highest BCUT2D eigenvalue weighted by Gasteiger charge is 2.51. The lowest BCUT2D eigenvalue weighted by molar-refractivity contribution is -0.368. The Morgan fingerprint density at radius 2 is 2.04 bits per heavy atom. The zero-order valence-corrected chi connectivity index (χ0v) is 14.9. The van der Waals surface area contributed by atoms with Crippen molar-refractivity contribution >= 4 is 26.1 Å². The monoisotopic (exact) mass is 403 g/mol. The molecule has 3 unspecified atom stereocenters. The van der Waals surface area contributed by atoms with E-state index in [0.717, 1.165) is 0 Å². The van der Waals surface area contributed by atoms with E-state index in [-0.39, 0.29) is 12.4 Å². The van der Waals surface area contributed by atoms with Gasteiger partial charge in [0.25, 0.3) is 5.97 Å². The van der Waals surface area contributed by atoms with Gasteiger partial charge in [-0.2, -0.15) is 0 Å². The fourth-order valence-corrected chi connectivity index (χ4v) is 2.44. The van der Waals surface area contributed by atoms with Crippen LogP contribution in [0.5, 0.6) is 0 Å². The van der Waals surface area contributed by atoms with Crippen molar-refractivity contribution in [3.8, 4) is 0 Å². The summed E-state index contributed by atoms with van der Waals surface area (Å²) in [6.07, 6.45) is 2.98. The van der Waals surface area contributed by atoms with Gasteiger partial charge in [0.15, 0.2) is 19.6 Å². The number of oxime groups is 1. The van der Waals surface area contributed by atoms with Gasteiger partial charge in [-0.15, -0.1) is 0 Å². The molecule has 1 fully saturated rings. The van der Waals surface area contributed by atoms with Gasteiger partial charge in [0, 0.05) is 19.3 Å². The molecule has 1 amide bonds. The molecule has 156 valence electrons. The third-order valence-corrected chi connectivity index (χ3v) is 3.78. The highest BCUT2D eigenvalue weighted by molar-refractivity contribution is 6.14. The molecule has 3 atom stereocenters. The van der Waals surface area contributed by atoms with Crippen molar-refractivity contribution in [1.82, 2.24) is 10.2 Å². The molecule has 0 aromatic rings. The van der Waals surface area contributed by atoms with Crippen LogP contribution in [0.4, 0.5) is 0 Å². The van der Waals surface area contributed by atoms with Crippen molar-refractivity contribution in [2.45, 2.75) is 36.8 Å². The van der Waals surface area contributed by atoms with E-state index in [9.17, 15) is 19.8 Å². The lowest BCUT2D eigenvalue weighted by Crippen LogP contribution is -2.57. The molecular weight excluding hydrogens is 381 g/mol. The molecular formula is C14H22BN3O10. The number of ether oxygens (including phenoxy) is 2. The van der Waals surface area contributed by atoms with Crippen molar-refractivity contribution in [2.75, 3.05) is 13.7 Å². The Bertz CT molecular complexity index is 587. The number of carbonyl (C=O) groups excluding carboxylic acids is 2. The molecule has 1 rings (SSSR count). The average molecular weight is 403 g/mol. The molecule has 0 spiro atoms. The second kappa shape index (κ2) is 9.81. The topological polar surface area (TPSA) is 202 Å². The second-order valence-corrected chi connectivity index (χ2v) is 6.05. The van der Waals surface area contributed by atoms with E-state index in [1.165, 1.54) is 12.3 Å². The van der Waals surface area contributed by atoms with Crippen LogP contribution in [0.2, 0.25) is 0 Å². The van der Waals surface area contributed by atoms with Crippen LogP contribution < -0.4 is 5.32 Å². The van der Waals surface area contributed by atoms with E-state index in [1.807, 2.05) is 0 Å². The first-order valence-electron chi connectivity index (χ1n) is 7.95. The number of amides is 1. The Morgan fingerprint density at radius 3 is 2.54 bits per heavy atom. The first kappa shape index (κ1) is 23.8. The van der Waals surface area contributed by atoms with Crippen molar-refractivity contribution < 1.29 is 49.8 Å². The number of hydrogen-bond donors (Lipinski definition) is 7. The zero-order valence-electron chi connectivity index (χ0n) is 14.9. The third kappa shape index (κ3) is 7.07. The molecule has 7 N–H and O–H groups in total. The number of amidine groups is 1. The van der Waals surface area contributed by atoms with Crippen molar-refractivity contribution in [1.29, 1.82) is 0 Å². The normalized spacial score (nSPS) is 22.1. The van der Waals surface area contributed by atoms with Crippen LogP contribution in [0.3, 0.4) is 0 Å². The number of aliphatic hydroxyl groups is 5. The standard InChI is InChI=1S/C14H22BN3O10/c1-18(5-4-9(17-26)16-7-19)10-3-2-8(28-10)6-27-12(20)11(13(15,21)22)14(23,24)25/h4-5,7-8,10-11,21-26H,2-3,6H2,1H3,(H,16,17,19)/b5-4-. The lowest BCUT2D eigenvalue weighted by Gasteiger charge is -2.32. The number of hydrogen-bond acceptors (Lipinski definition) is 12. The van der Waals surface area contributed by atoms with Crippen LogP contribution in [0.15, 0.2) is 17.4 Å². The molecule has 0 bridgehead atoms. The third-order valence-electron chi connectivity index (χ3n) is 3.78. The van der Waals surface area contributed by atoms with E-state index in [2.05, 4.69) is 10.5 Å². The molecule has 1 saturated heterocycles. The van der Waals surface area contributed by atoms with Crippen LogP contribution in [0, 0.1) is 5.92 Å². The maximum absolute atomic E-state index is 11.8. The number of nitrogens with zero attached hydrogens (tertiary/aromatic N) is 2. The lowest BCUT2D eigenvalue weighted by atomic mass is 9.80. The molecule has 0 aromatic heterocycles. The van der Waals surface area contributed by atoms with Gasteiger partial charge in [-0.3, -0.25) is 9.59 Å². The maximum atomic E-state index is 11.8. The number of carbonyl (C=O) groups is 2. The second-order valence-electron chi connectivity index (χ2n) is 6.05.